The molecule has 0 aliphatic heterocycles. The number of hydrogen-bond acceptors (Lipinski definition) is 2. The SMILES string of the molecule is NC[C@H](C[C@@H](O)c1ccccc1)C(F)(F)F. The molecule has 1 rings (SSSR count). The summed E-state index contributed by atoms with van der Waals surface area (Å²) in [6, 6.07) is 8.26. The Labute approximate surface area is 91.9 Å². The predicted molar refractivity (Wildman–Crippen MR) is 54.6 cm³/mol. The van der Waals surface area contributed by atoms with Gasteiger partial charge >= 0.3 is 6.18 Å². The molecule has 0 fully saturated rings. The second kappa shape index (κ2) is 5.32. The fourth-order valence-electron chi connectivity index (χ4n) is 1.44. The third kappa shape index (κ3) is 3.50. The van der Waals surface area contributed by atoms with Crippen LogP contribution in [0.15, 0.2) is 30.3 Å². The lowest BCUT2D eigenvalue weighted by molar-refractivity contribution is -0.179. The van der Waals surface area contributed by atoms with Crippen LogP contribution in [0.1, 0.15) is 18.1 Å². The van der Waals surface area contributed by atoms with Crippen LogP contribution in [0.25, 0.3) is 0 Å². The lowest BCUT2D eigenvalue weighted by atomic mass is 9.96. The van der Waals surface area contributed by atoms with Crippen LogP contribution in [0.5, 0.6) is 0 Å². The first kappa shape index (κ1) is 13.0. The van der Waals surface area contributed by atoms with E-state index in [1.54, 1.807) is 30.3 Å². The summed E-state index contributed by atoms with van der Waals surface area (Å²) < 4.78 is 37.2. The van der Waals surface area contributed by atoms with Gasteiger partial charge in [-0.2, -0.15) is 13.2 Å². The van der Waals surface area contributed by atoms with E-state index in [1.165, 1.54) is 0 Å². The Morgan fingerprint density at radius 3 is 2.19 bits per heavy atom. The zero-order valence-electron chi connectivity index (χ0n) is 8.61. The molecule has 0 amide bonds. The first-order valence-electron chi connectivity index (χ1n) is 4.95. The summed E-state index contributed by atoms with van der Waals surface area (Å²) in [5.74, 6) is -1.66. The second-order valence-electron chi connectivity index (χ2n) is 3.64. The Morgan fingerprint density at radius 2 is 1.75 bits per heavy atom. The van der Waals surface area contributed by atoms with Crippen LogP contribution in [0, 0.1) is 5.92 Å². The van der Waals surface area contributed by atoms with Gasteiger partial charge in [0.1, 0.15) is 0 Å². The lowest BCUT2D eigenvalue weighted by Crippen LogP contribution is -2.31. The number of aliphatic hydroxyl groups excluding tert-OH is 1. The maximum absolute atomic E-state index is 12.4. The summed E-state index contributed by atoms with van der Waals surface area (Å²) in [4.78, 5) is 0. The van der Waals surface area contributed by atoms with Gasteiger partial charge in [0, 0.05) is 6.54 Å². The van der Waals surface area contributed by atoms with Crippen LogP contribution in [0.4, 0.5) is 13.2 Å². The van der Waals surface area contributed by atoms with Crippen LogP contribution in [-0.2, 0) is 0 Å². The van der Waals surface area contributed by atoms with Gasteiger partial charge < -0.3 is 10.8 Å². The van der Waals surface area contributed by atoms with Gasteiger partial charge in [-0.25, -0.2) is 0 Å². The van der Waals surface area contributed by atoms with Gasteiger partial charge in [0.2, 0.25) is 0 Å². The minimum atomic E-state index is -4.36. The summed E-state index contributed by atoms with van der Waals surface area (Å²) in [6.07, 6.45) is -5.88. The molecular formula is C11H14F3NO. The van der Waals surface area contributed by atoms with Crippen molar-refractivity contribution < 1.29 is 18.3 Å². The van der Waals surface area contributed by atoms with Crippen molar-refractivity contribution in [1.82, 2.24) is 0 Å². The van der Waals surface area contributed by atoms with E-state index in [-0.39, 0.29) is 0 Å². The zero-order valence-corrected chi connectivity index (χ0v) is 8.61. The first-order valence-corrected chi connectivity index (χ1v) is 4.95. The molecule has 90 valence electrons. The van der Waals surface area contributed by atoms with E-state index < -0.39 is 31.2 Å². The molecule has 2 nitrogen and oxygen atoms in total. The molecule has 0 aliphatic rings. The average molecular weight is 233 g/mol. The molecule has 2 atom stereocenters. The van der Waals surface area contributed by atoms with Gasteiger partial charge in [-0.15, -0.1) is 0 Å². The Kier molecular flexibility index (Phi) is 4.32. The second-order valence-corrected chi connectivity index (χ2v) is 3.64. The number of halogens is 3. The molecule has 16 heavy (non-hydrogen) atoms. The Balaban J connectivity index is 2.67. The Bertz CT molecular complexity index is 313. The van der Waals surface area contributed by atoms with Gasteiger partial charge in [-0.1, -0.05) is 30.3 Å². The number of aliphatic hydroxyl groups is 1. The molecule has 3 N–H and O–H groups in total. The molecule has 0 spiro atoms. The normalized spacial score (nSPS) is 15.8. The number of nitrogens with two attached hydrogens (primary N) is 1. The van der Waals surface area contributed by atoms with Crippen molar-refractivity contribution in [2.45, 2.75) is 18.7 Å². The fourth-order valence-corrected chi connectivity index (χ4v) is 1.44. The molecule has 0 unspecified atom stereocenters. The maximum Gasteiger partial charge on any atom is 0.393 e. The number of benzene rings is 1. The van der Waals surface area contributed by atoms with Gasteiger partial charge in [0.05, 0.1) is 12.0 Å². The summed E-state index contributed by atoms with van der Waals surface area (Å²) >= 11 is 0. The van der Waals surface area contributed by atoms with Gasteiger partial charge in [0.25, 0.3) is 0 Å². The number of hydrogen-bond donors (Lipinski definition) is 2. The molecule has 0 bridgehead atoms. The average Bonchev–Trinajstić information content (AvgIpc) is 2.25. The van der Waals surface area contributed by atoms with E-state index in [9.17, 15) is 18.3 Å². The topological polar surface area (TPSA) is 46.2 Å². The summed E-state index contributed by atoms with van der Waals surface area (Å²) in [5.41, 5.74) is 5.53. The largest absolute Gasteiger partial charge is 0.393 e. The van der Waals surface area contributed by atoms with E-state index >= 15 is 0 Å². The fraction of sp³-hybridized carbons (Fsp3) is 0.455. The Hall–Kier alpha value is -1.07. The standard InChI is InChI=1S/C11H14F3NO/c12-11(13,14)9(7-15)6-10(16)8-4-2-1-3-5-8/h1-5,9-10,16H,6-7,15H2/t9-,10+/m0/s1. The molecule has 0 aromatic heterocycles. The maximum atomic E-state index is 12.4. The van der Waals surface area contributed by atoms with Crippen molar-refractivity contribution in [2.24, 2.45) is 11.7 Å². The molecule has 0 saturated heterocycles. The van der Waals surface area contributed by atoms with E-state index in [0.717, 1.165) is 0 Å². The van der Waals surface area contributed by atoms with Crippen molar-refractivity contribution >= 4 is 0 Å². The quantitative estimate of drug-likeness (QED) is 0.837. The monoisotopic (exact) mass is 233 g/mol. The molecule has 5 heteroatoms. The molecule has 1 aromatic carbocycles. The van der Waals surface area contributed by atoms with Gasteiger partial charge in [-0.3, -0.25) is 0 Å². The van der Waals surface area contributed by atoms with E-state index in [1.807, 2.05) is 0 Å². The molecule has 1 aromatic rings. The van der Waals surface area contributed by atoms with Crippen LogP contribution in [0.3, 0.4) is 0 Å². The van der Waals surface area contributed by atoms with Crippen LogP contribution >= 0.6 is 0 Å². The van der Waals surface area contributed by atoms with E-state index in [2.05, 4.69) is 0 Å². The third-order valence-corrected chi connectivity index (χ3v) is 2.44. The van der Waals surface area contributed by atoms with E-state index in [0.29, 0.717) is 5.56 Å². The third-order valence-electron chi connectivity index (χ3n) is 2.44. The highest BCUT2D eigenvalue weighted by atomic mass is 19.4. The minimum Gasteiger partial charge on any atom is -0.388 e. The molecule has 0 heterocycles. The van der Waals surface area contributed by atoms with Crippen LogP contribution < -0.4 is 5.73 Å². The van der Waals surface area contributed by atoms with Crippen molar-refractivity contribution in [1.29, 1.82) is 0 Å². The highest BCUT2D eigenvalue weighted by Crippen LogP contribution is 2.32. The van der Waals surface area contributed by atoms with Crippen molar-refractivity contribution in [3.63, 3.8) is 0 Å². The minimum absolute atomic E-state index is 0.399. The first-order chi connectivity index (χ1) is 7.45. The van der Waals surface area contributed by atoms with Crippen molar-refractivity contribution in [3.8, 4) is 0 Å². The van der Waals surface area contributed by atoms with Crippen molar-refractivity contribution in [3.05, 3.63) is 35.9 Å². The molecule has 0 aliphatic carbocycles. The smallest absolute Gasteiger partial charge is 0.388 e. The summed E-state index contributed by atoms with van der Waals surface area (Å²) in [5, 5.41) is 9.63. The lowest BCUT2D eigenvalue weighted by Gasteiger charge is -2.21. The highest BCUT2D eigenvalue weighted by molar-refractivity contribution is 5.17. The Morgan fingerprint density at radius 1 is 1.19 bits per heavy atom. The summed E-state index contributed by atoms with van der Waals surface area (Å²) in [7, 11) is 0. The van der Waals surface area contributed by atoms with Gasteiger partial charge in [-0.05, 0) is 12.0 Å². The predicted octanol–water partition coefficient (Wildman–Crippen LogP) is 2.25. The molecular weight excluding hydrogens is 219 g/mol. The van der Waals surface area contributed by atoms with Crippen molar-refractivity contribution in [2.75, 3.05) is 6.54 Å². The van der Waals surface area contributed by atoms with Crippen LogP contribution in [0.2, 0.25) is 0 Å². The van der Waals surface area contributed by atoms with Gasteiger partial charge in [0.15, 0.2) is 0 Å². The number of rotatable bonds is 4. The van der Waals surface area contributed by atoms with Crippen LogP contribution in [-0.4, -0.2) is 17.8 Å². The molecule has 0 saturated carbocycles. The zero-order chi connectivity index (χ0) is 12.2. The highest BCUT2D eigenvalue weighted by Gasteiger charge is 2.39. The summed E-state index contributed by atoms with van der Waals surface area (Å²) in [6.45, 7) is -0.507. The number of alkyl halides is 3. The molecule has 0 radical (unpaired) electrons. The van der Waals surface area contributed by atoms with E-state index in [4.69, 9.17) is 5.73 Å².